The first kappa shape index (κ1) is 14.7. The van der Waals surface area contributed by atoms with Gasteiger partial charge >= 0.3 is 0 Å². The summed E-state index contributed by atoms with van der Waals surface area (Å²) in [4.78, 5) is 9.40. The molecule has 8 heteroatoms. The summed E-state index contributed by atoms with van der Waals surface area (Å²) in [7, 11) is -2.97. The maximum absolute atomic E-state index is 14.5. The highest BCUT2D eigenvalue weighted by Gasteiger charge is 2.27. The van der Waals surface area contributed by atoms with Crippen molar-refractivity contribution in [2.24, 2.45) is 5.92 Å². The first-order valence-electron chi connectivity index (χ1n) is 14.8. The summed E-state index contributed by atoms with van der Waals surface area (Å²) in [5, 5.41) is 3.06. The van der Waals surface area contributed by atoms with Crippen molar-refractivity contribution in [1.82, 2.24) is 14.9 Å². The van der Waals surface area contributed by atoms with Gasteiger partial charge in [0.05, 0.1) is 31.7 Å². The van der Waals surface area contributed by atoms with Gasteiger partial charge in [0.25, 0.3) is 0 Å². The number of rotatable bonds is 6. The smallest absolute Gasteiger partial charge is 0.163 e. The molecular weight excluding hydrogens is 487 g/mol. The minimum Gasteiger partial charge on any atom is -0.493 e. The molecular formula is C25H30BrFN4O2. The molecule has 3 aromatic rings. The standard InChI is InChI=1S/C25H30BrFN4O2/c1-25(2,3)31-9-7-16(8-10-31)14-33-23-13-21-18(12-22(23)32-4)24(29-15-28-21)30-20-6-5-17(26)11-19(20)27/h5-6,11-13,15-16H,7-10,14H2,1-4H3,(H,28,29,30)/i4D3,9D2,10D2,14D2. The number of methoxy groups -OCH3 is 1. The molecule has 1 aromatic heterocycles. The Hall–Kier alpha value is -2.45. The van der Waals surface area contributed by atoms with Crippen LogP contribution in [0.15, 0.2) is 41.1 Å². The quantitative estimate of drug-likeness (QED) is 0.415. The highest BCUT2D eigenvalue weighted by molar-refractivity contribution is 9.10. The van der Waals surface area contributed by atoms with Gasteiger partial charge in [-0.05, 0) is 76.8 Å². The van der Waals surface area contributed by atoms with Crippen LogP contribution in [0.1, 0.15) is 45.9 Å². The van der Waals surface area contributed by atoms with Crippen molar-refractivity contribution < 1.29 is 26.2 Å². The van der Waals surface area contributed by atoms with Crippen molar-refractivity contribution in [2.45, 2.75) is 39.2 Å². The molecule has 176 valence electrons. The largest absolute Gasteiger partial charge is 0.493 e. The van der Waals surface area contributed by atoms with Crippen LogP contribution in [0, 0.1) is 11.7 Å². The Morgan fingerprint density at radius 2 is 2.03 bits per heavy atom. The number of nitrogens with zero attached hydrogens (tertiary/aromatic N) is 3. The summed E-state index contributed by atoms with van der Waals surface area (Å²) in [6, 6.07) is 6.81. The number of piperidine rings is 1. The van der Waals surface area contributed by atoms with Gasteiger partial charge in [0.15, 0.2) is 11.5 Å². The van der Waals surface area contributed by atoms with Crippen LogP contribution in [0.5, 0.6) is 11.5 Å². The summed E-state index contributed by atoms with van der Waals surface area (Å²) in [5.74, 6) is -2.47. The first-order valence-corrected chi connectivity index (χ1v) is 11.1. The maximum atomic E-state index is 14.5. The van der Waals surface area contributed by atoms with Crippen LogP contribution in [0.3, 0.4) is 0 Å². The molecule has 6 nitrogen and oxygen atoms in total. The van der Waals surface area contributed by atoms with E-state index in [2.05, 4.69) is 31.2 Å². The molecule has 1 fully saturated rings. The molecule has 0 unspecified atom stereocenters. The minimum atomic E-state index is -2.97. The van der Waals surface area contributed by atoms with E-state index in [-0.39, 0.29) is 28.2 Å². The van der Waals surface area contributed by atoms with E-state index < -0.39 is 62.5 Å². The van der Waals surface area contributed by atoms with Gasteiger partial charge in [-0.15, -0.1) is 0 Å². The van der Waals surface area contributed by atoms with Crippen molar-refractivity contribution in [2.75, 3.05) is 31.9 Å². The van der Waals surface area contributed by atoms with Crippen LogP contribution in [0.2, 0.25) is 0 Å². The van der Waals surface area contributed by atoms with Gasteiger partial charge in [0.2, 0.25) is 0 Å². The summed E-state index contributed by atoms with van der Waals surface area (Å²) in [5.41, 5.74) is -0.630. The third-order valence-corrected chi connectivity index (χ3v) is 5.49. The van der Waals surface area contributed by atoms with Crippen LogP contribution in [0.4, 0.5) is 15.9 Å². The average molecular weight is 526 g/mol. The third-order valence-electron chi connectivity index (χ3n) is 4.99. The number of likely N-dealkylation sites (tertiary alicyclic amines) is 1. The maximum Gasteiger partial charge on any atom is 0.163 e. The number of fused-ring (bicyclic) bond motifs is 1. The van der Waals surface area contributed by atoms with Gasteiger partial charge in [-0.25, -0.2) is 14.4 Å². The molecule has 2 heterocycles. The Morgan fingerprint density at radius 1 is 1.24 bits per heavy atom. The summed E-state index contributed by atoms with van der Waals surface area (Å²) < 4.78 is 100. The van der Waals surface area contributed by atoms with Crippen molar-refractivity contribution >= 4 is 38.3 Å². The molecule has 0 spiro atoms. The SMILES string of the molecule is [2H]C([2H])([2H])Oc1cc2c(Nc3ccc(Br)cc3F)ncnc2cc1OC([2H])([2H])C1CC([2H])([2H])N(C(C)(C)C)C([2H])([2H])C1. The Bertz CT molecular complexity index is 1470. The van der Waals surface area contributed by atoms with E-state index >= 15 is 0 Å². The molecule has 4 rings (SSSR count). The summed E-state index contributed by atoms with van der Waals surface area (Å²) in [6.07, 6.45) is 0.388. The van der Waals surface area contributed by atoms with Gasteiger partial charge in [-0.1, -0.05) is 15.9 Å². The minimum absolute atomic E-state index is 0.0818. The molecule has 0 saturated carbocycles. The molecule has 0 amide bonds. The van der Waals surface area contributed by atoms with E-state index in [4.69, 9.17) is 21.8 Å². The van der Waals surface area contributed by atoms with Crippen molar-refractivity contribution in [3.05, 3.63) is 46.9 Å². The van der Waals surface area contributed by atoms with Crippen molar-refractivity contribution in [1.29, 1.82) is 0 Å². The van der Waals surface area contributed by atoms with Crippen LogP contribution in [-0.4, -0.2) is 47.0 Å². The fourth-order valence-electron chi connectivity index (χ4n) is 3.28. The predicted octanol–water partition coefficient (Wildman–Crippen LogP) is 6.17. The lowest BCUT2D eigenvalue weighted by atomic mass is 9.93. The second kappa shape index (κ2) is 9.81. The van der Waals surface area contributed by atoms with Crippen LogP contribution < -0.4 is 14.8 Å². The number of ether oxygens (including phenoxy) is 2. The fourth-order valence-corrected chi connectivity index (χ4v) is 3.61. The number of nitrogens with one attached hydrogen (secondary N) is 1. The zero-order valence-electron chi connectivity index (χ0n) is 27.4. The molecule has 1 aliphatic rings. The lowest BCUT2D eigenvalue weighted by Crippen LogP contribution is -2.46. The molecule has 1 saturated heterocycles. The van der Waals surface area contributed by atoms with Gasteiger partial charge < -0.3 is 14.8 Å². The molecule has 0 bridgehead atoms. The number of benzene rings is 2. The Morgan fingerprint density at radius 3 is 2.73 bits per heavy atom. The second-order valence-electron chi connectivity index (χ2n) is 8.54. The lowest BCUT2D eigenvalue weighted by Gasteiger charge is -2.40. The molecule has 1 N–H and O–H groups in total. The second-order valence-corrected chi connectivity index (χ2v) is 9.45. The van der Waals surface area contributed by atoms with Gasteiger partial charge in [0.1, 0.15) is 18.0 Å². The van der Waals surface area contributed by atoms with Gasteiger partial charge in [-0.2, -0.15) is 0 Å². The number of hydrogen-bond acceptors (Lipinski definition) is 6. The Labute approximate surface area is 215 Å². The zero-order valence-corrected chi connectivity index (χ0v) is 20.0. The zero-order chi connectivity index (χ0) is 31.5. The van der Waals surface area contributed by atoms with E-state index in [1.807, 2.05) is 0 Å². The van der Waals surface area contributed by atoms with Gasteiger partial charge in [0, 0.05) is 26.9 Å². The van der Waals surface area contributed by atoms with Crippen LogP contribution >= 0.6 is 15.9 Å². The molecule has 2 aromatic carbocycles. The number of aromatic nitrogens is 2. The number of hydrogen-bond donors (Lipinski definition) is 1. The van der Waals surface area contributed by atoms with Gasteiger partial charge in [-0.3, -0.25) is 4.90 Å². The number of halogens is 2. The average Bonchev–Trinajstić information content (AvgIpc) is 2.77. The highest BCUT2D eigenvalue weighted by atomic mass is 79.9. The van der Waals surface area contributed by atoms with Crippen molar-refractivity contribution in [3.63, 3.8) is 0 Å². The van der Waals surface area contributed by atoms with E-state index in [9.17, 15) is 4.39 Å². The Balaban J connectivity index is 1.74. The predicted molar refractivity (Wildman–Crippen MR) is 133 cm³/mol. The summed E-state index contributed by atoms with van der Waals surface area (Å²) >= 11 is 3.19. The molecule has 33 heavy (non-hydrogen) atoms. The van der Waals surface area contributed by atoms with Crippen molar-refractivity contribution in [3.8, 4) is 11.5 Å². The highest BCUT2D eigenvalue weighted by Crippen LogP contribution is 2.36. The summed E-state index contributed by atoms with van der Waals surface area (Å²) in [6.45, 7) is -2.06. The third kappa shape index (κ3) is 5.55. The van der Waals surface area contributed by atoms with E-state index in [1.54, 1.807) is 26.8 Å². The van der Waals surface area contributed by atoms with Crippen LogP contribution in [0.25, 0.3) is 10.9 Å². The number of anilines is 2. The molecule has 0 radical (unpaired) electrons. The normalized spacial score (nSPS) is 23.5. The first-order chi connectivity index (χ1) is 19.1. The lowest BCUT2D eigenvalue weighted by molar-refractivity contribution is 0.0716. The van der Waals surface area contributed by atoms with E-state index in [0.29, 0.717) is 4.47 Å². The molecule has 0 atom stereocenters. The molecule has 1 aliphatic heterocycles. The topological polar surface area (TPSA) is 59.5 Å². The van der Waals surface area contributed by atoms with Crippen LogP contribution in [-0.2, 0) is 0 Å². The fraction of sp³-hybridized carbons (Fsp3) is 0.440. The monoisotopic (exact) mass is 525 g/mol. The van der Waals surface area contributed by atoms with E-state index in [0.717, 1.165) is 4.90 Å². The van der Waals surface area contributed by atoms with E-state index in [1.165, 1.54) is 30.6 Å². The molecule has 0 aliphatic carbocycles. The Kier molecular flexibility index (Phi) is 4.38.